The van der Waals surface area contributed by atoms with E-state index in [0.717, 1.165) is 13.1 Å². The van der Waals surface area contributed by atoms with Gasteiger partial charge in [0.15, 0.2) is 0 Å². The number of piperazine rings is 1. The van der Waals surface area contributed by atoms with Crippen LogP contribution >= 0.6 is 0 Å². The van der Waals surface area contributed by atoms with Crippen LogP contribution in [0.1, 0.15) is 43.4 Å². The summed E-state index contributed by atoms with van der Waals surface area (Å²) in [6.45, 7) is 12.5. The average Bonchev–Trinajstić information content (AvgIpc) is 2.38. The lowest BCUT2D eigenvalue weighted by Gasteiger charge is -2.39. The van der Waals surface area contributed by atoms with Gasteiger partial charge in [0, 0.05) is 31.7 Å². The van der Waals surface area contributed by atoms with Gasteiger partial charge in [0.25, 0.3) is 0 Å². The molecule has 106 valence electrons. The van der Waals surface area contributed by atoms with E-state index in [1.165, 1.54) is 36.1 Å². The van der Waals surface area contributed by atoms with Crippen LogP contribution in [0.4, 0.5) is 0 Å². The maximum atomic E-state index is 3.67. The van der Waals surface area contributed by atoms with Gasteiger partial charge in [0.1, 0.15) is 0 Å². The minimum atomic E-state index is 0.632. The van der Waals surface area contributed by atoms with Gasteiger partial charge in [-0.2, -0.15) is 0 Å². The second kappa shape index (κ2) is 6.53. The fourth-order valence-electron chi connectivity index (χ4n) is 3.06. The largest absolute Gasteiger partial charge is 0.311 e. The minimum absolute atomic E-state index is 0.632. The normalized spacial score (nSPS) is 24.6. The summed E-state index contributed by atoms with van der Waals surface area (Å²) in [5.41, 5.74) is 4.38. The lowest BCUT2D eigenvalue weighted by molar-refractivity contribution is 0.129. The first-order valence-electron chi connectivity index (χ1n) is 7.64. The number of nitrogens with one attached hydrogen (secondary N) is 1. The lowest BCUT2D eigenvalue weighted by Crippen LogP contribution is -2.54. The fraction of sp³-hybridized carbons (Fsp3) is 0.647. The predicted octanol–water partition coefficient (Wildman–Crippen LogP) is 3.27. The van der Waals surface area contributed by atoms with Gasteiger partial charge in [-0.15, -0.1) is 0 Å². The van der Waals surface area contributed by atoms with E-state index >= 15 is 0 Å². The Labute approximate surface area is 118 Å². The van der Waals surface area contributed by atoms with E-state index in [-0.39, 0.29) is 0 Å². The minimum Gasteiger partial charge on any atom is -0.311 e. The first-order chi connectivity index (χ1) is 9.11. The van der Waals surface area contributed by atoms with Gasteiger partial charge in [-0.3, -0.25) is 4.90 Å². The molecule has 2 unspecified atom stereocenters. The highest BCUT2D eigenvalue weighted by Crippen LogP contribution is 2.19. The maximum Gasteiger partial charge on any atom is 0.0243 e. The second-order valence-corrected chi connectivity index (χ2v) is 6.04. The number of hydrogen-bond donors (Lipinski definition) is 1. The molecule has 1 heterocycles. The third-order valence-corrected chi connectivity index (χ3v) is 4.42. The number of rotatable bonds is 4. The highest BCUT2D eigenvalue weighted by Gasteiger charge is 2.24. The Kier molecular flexibility index (Phi) is 5.00. The summed E-state index contributed by atoms with van der Waals surface area (Å²) in [7, 11) is 0. The molecule has 0 radical (unpaired) electrons. The number of aryl methyl sites for hydroxylation is 2. The van der Waals surface area contributed by atoms with Crippen molar-refractivity contribution >= 4 is 0 Å². The van der Waals surface area contributed by atoms with Crippen LogP contribution in [0.2, 0.25) is 0 Å². The third kappa shape index (κ3) is 3.58. The van der Waals surface area contributed by atoms with E-state index in [4.69, 9.17) is 0 Å². The van der Waals surface area contributed by atoms with Crippen LogP contribution in [0.25, 0.3) is 0 Å². The second-order valence-electron chi connectivity index (χ2n) is 6.04. The molecule has 0 bridgehead atoms. The summed E-state index contributed by atoms with van der Waals surface area (Å²) >= 11 is 0. The van der Waals surface area contributed by atoms with Crippen LogP contribution in [0.3, 0.4) is 0 Å². The molecular weight excluding hydrogens is 232 g/mol. The predicted molar refractivity (Wildman–Crippen MR) is 82.5 cm³/mol. The van der Waals surface area contributed by atoms with Crippen molar-refractivity contribution in [2.75, 3.05) is 13.1 Å². The summed E-state index contributed by atoms with van der Waals surface area (Å²) in [6, 6.07) is 7.94. The molecule has 2 heteroatoms. The average molecular weight is 260 g/mol. The molecule has 1 N–H and O–H groups in total. The third-order valence-electron chi connectivity index (χ3n) is 4.42. The summed E-state index contributed by atoms with van der Waals surface area (Å²) in [5.74, 6) is 0. The molecule has 0 amide bonds. The Hall–Kier alpha value is -0.860. The molecule has 2 nitrogen and oxygen atoms in total. The molecule has 1 fully saturated rings. The van der Waals surface area contributed by atoms with Crippen molar-refractivity contribution in [3.63, 3.8) is 0 Å². The summed E-state index contributed by atoms with van der Waals surface area (Å²) in [5, 5.41) is 3.67. The van der Waals surface area contributed by atoms with Crippen molar-refractivity contribution in [3.05, 3.63) is 34.9 Å². The quantitative estimate of drug-likeness (QED) is 0.894. The molecule has 2 rings (SSSR count). The summed E-state index contributed by atoms with van der Waals surface area (Å²) < 4.78 is 0. The monoisotopic (exact) mass is 260 g/mol. The first-order valence-corrected chi connectivity index (χ1v) is 7.64. The highest BCUT2D eigenvalue weighted by molar-refractivity contribution is 5.33. The first kappa shape index (κ1) is 14.5. The topological polar surface area (TPSA) is 15.3 Å². The van der Waals surface area contributed by atoms with Gasteiger partial charge in [-0.25, -0.2) is 0 Å². The molecule has 0 aromatic heterocycles. The van der Waals surface area contributed by atoms with Crippen molar-refractivity contribution in [1.29, 1.82) is 0 Å². The Morgan fingerprint density at radius 3 is 2.58 bits per heavy atom. The fourth-order valence-corrected chi connectivity index (χ4v) is 3.06. The molecule has 1 aromatic rings. The standard InChI is InChI=1S/C17H28N2/c1-5-7-16-11-19(15(4)10-18-16)12-17-13(2)8-6-9-14(17)3/h6,8-9,15-16,18H,5,7,10-12H2,1-4H3. The van der Waals surface area contributed by atoms with Crippen LogP contribution in [-0.4, -0.2) is 30.1 Å². The molecular formula is C17H28N2. The zero-order valence-corrected chi connectivity index (χ0v) is 12.9. The van der Waals surface area contributed by atoms with Crippen LogP contribution < -0.4 is 5.32 Å². The number of nitrogens with zero attached hydrogens (tertiary/aromatic N) is 1. The van der Waals surface area contributed by atoms with Crippen LogP contribution in [0.5, 0.6) is 0 Å². The molecule has 1 aromatic carbocycles. The zero-order valence-electron chi connectivity index (χ0n) is 12.9. The van der Waals surface area contributed by atoms with Crippen molar-refractivity contribution in [2.45, 2.75) is 59.2 Å². The summed E-state index contributed by atoms with van der Waals surface area (Å²) in [4.78, 5) is 2.64. The van der Waals surface area contributed by atoms with Crippen LogP contribution in [-0.2, 0) is 6.54 Å². The van der Waals surface area contributed by atoms with Gasteiger partial charge in [-0.1, -0.05) is 31.5 Å². The van der Waals surface area contributed by atoms with Crippen molar-refractivity contribution < 1.29 is 0 Å². The Morgan fingerprint density at radius 1 is 1.26 bits per heavy atom. The molecule has 0 saturated carbocycles. The van der Waals surface area contributed by atoms with E-state index in [9.17, 15) is 0 Å². The van der Waals surface area contributed by atoms with Crippen LogP contribution in [0, 0.1) is 13.8 Å². The SMILES string of the molecule is CCCC1CN(Cc2c(C)cccc2C)C(C)CN1. The smallest absolute Gasteiger partial charge is 0.0243 e. The molecule has 2 atom stereocenters. The van der Waals surface area contributed by atoms with E-state index in [1.54, 1.807) is 0 Å². The molecule has 1 aliphatic heterocycles. The van der Waals surface area contributed by atoms with Gasteiger partial charge in [0.05, 0.1) is 0 Å². The maximum absolute atomic E-state index is 3.67. The van der Waals surface area contributed by atoms with E-state index < -0.39 is 0 Å². The van der Waals surface area contributed by atoms with E-state index in [2.05, 4.69) is 56.1 Å². The Bertz CT molecular complexity index is 393. The van der Waals surface area contributed by atoms with E-state index in [0.29, 0.717) is 12.1 Å². The molecule has 0 spiro atoms. The number of benzene rings is 1. The number of hydrogen-bond acceptors (Lipinski definition) is 2. The Morgan fingerprint density at radius 2 is 1.95 bits per heavy atom. The van der Waals surface area contributed by atoms with Gasteiger partial charge >= 0.3 is 0 Å². The van der Waals surface area contributed by atoms with Crippen molar-refractivity contribution in [3.8, 4) is 0 Å². The zero-order chi connectivity index (χ0) is 13.8. The lowest BCUT2D eigenvalue weighted by atomic mass is 10.00. The molecule has 1 saturated heterocycles. The van der Waals surface area contributed by atoms with Crippen molar-refractivity contribution in [1.82, 2.24) is 10.2 Å². The van der Waals surface area contributed by atoms with Gasteiger partial charge in [0.2, 0.25) is 0 Å². The van der Waals surface area contributed by atoms with Gasteiger partial charge in [-0.05, 0) is 43.9 Å². The van der Waals surface area contributed by atoms with Gasteiger partial charge < -0.3 is 5.32 Å². The highest BCUT2D eigenvalue weighted by atomic mass is 15.2. The summed E-state index contributed by atoms with van der Waals surface area (Å²) in [6.07, 6.45) is 2.55. The van der Waals surface area contributed by atoms with Crippen molar-refractivity contribution in [2.24, 2.45) is 0 Å². The Balaban J connectivity index is 2.08. The van der Waals surface area contributed by atoms with Crippen LogP contribution in [0.15, 0.2) is 18.2 Å². The molecule has 1 aliphatic rings. The molecule has 19 heavy (non-hydrogen) atoms. The van der Waals surface area contributed by atoms with E-state index in [1.807, 2.05) is 0 Å². The molecule has 0 aliphatic carbocycles.